The van der Waals surface area contributed by atoms with E-state index in [1.807, 2.05) is 6.92 Å². The highest BCUT2D eigenvalue weighted by atomic mass is 32.2. The van der Waals surface area contributed by atoms with Crippen LogP contribution < -0.4 is 0 Å². The lowest BCUT2D eigenvalue weighted by molar-refractivity contribution is 0.0696. The summed E-state index contributed by atoms with van der Waals surface area (Å²) < 4.78 is 26.2. The second-order valence-electron chi connectivity index (χ2n) is 4.60. The maximum atomic E-state index is 12.5. The number of carboxylic acids is 1. The molecule has 0 spiro atoms. The second kappa shape index (κ2) is 5.71. The zero-order valence-corrected chi connectivity index (χ0v) is 12.4. The molecule has 0 aliphatic carbocycles. The van der Waals surface area contributed by atoms with Crippen LogP contribution in [0.3, 0.4) is 0 Å². The molecule has 1 rings (SSSR count). The summed E-state index contributed by atoms with van der Waals surface area (Å²) in [5.74, 6) is -1.13. The maximum Gasteiger partial charge on any atom is 0.335 e. The summed E-state index contributed by atoms with van der Waals surface area (Å²) in [7, 11) is -2.17. The van der Waals surface area contributed by atoms with Crippen molar-refractivity contribution in [3.63, 3.8) is 0 Å². The van der Waals surface area contributed by atoms with E-state index in [0.717, 1.165) is 0 Å². The summed E-state index contributed by atoms with van der Waals surface area (Å²) in [5, 5.41) is 8.98. The number of carbonyl (C=O) groups is 1. The smallest absolute Gasteiger partial charge is 0.335 e. The quantitative estimate of drug-likeness (QED) is 0.897. The number of benzene rings is 1. The van der Waals surface area contributed by atoms with E-state index in [4.69, 9.17) is 5.11 Å². The van der Waals surface area contributed by atoms with Gasteiger partial charge in [0.25, 0.3) is 0 Å². The fourth-order valence-corrected chi connectivity index (χ4v) is 3.34. The van der Waals surface area contributed by atoms with Gasteiger partial charge >= 0.3 is 5.97 Å². The molecule has 0 saturated heterocycles. The van der Waals surface area contributed by atoms with Gasteiger partial charge in [-0.3, -0.25) is 0 Å². The third-order valence-electron chi connectivity index (χ3n) is 3.08. The van der Waals surface area contributed by atoms with E-state index in [2.05, 4.69) is 0 Å². The monoisotopic (exact) mass is 285 g/mol. The summed E-state index contributed by atoms with van der Waals surface area (Å²) in [4.78, 5) is 11.1. The van der Waals surface area contributed by atoms with Gasteiger partial charge < -0.3 is 5.11 Å². The lowest BCUT2D eigenvalue weighted by Crippen LogP contribution is -2.33. The van der Waals surface area contributed by atoms with Gasteiger partial charge in [-0.1, -0.05) is 13.0 Å². The number of sulfonamides is 1. The van der Waals surface area contributed by atoms with Crippen molar-refractivity contribution in [3.8, 4) is 0 Å². The molecule has 0 aromatic heterocycles. The molecule has 1 aromatic carbocycles. The highest BCUT2D eigenvalue weighted by molar-refractivity contribution is 7.89. The van der Waals surface area contributed by atoms with Gasteiger partial charge in [-0.05, 0) is 38.0 Å². The average molecular weight is 285 g/mol. The van der Waals surface area contributed by atoms with Crippen LogP contribution in [0.15, 0.2) is 23.1 Å². The van der Waals surface area contributed by atoms with Crippen molar-refractivity contribution in [2.75, 3.05) is 7.05 Å². The average Bonchev–Trinajstić information content (AvgIpc) is 2.36. The number of hydrogen-bond acceptors (Lipinski definition) is 3. The standard InChI is InChI=1S/C13H19NO4S/c1-5-10-6-7-11(13(15)16)8-12(10)19(17,18)14(4)9(2)3/h6-9H,5H2,1-4H3,(H,15,16). The Labute approximate surface area is 113 Å². The minimum Gasteiger partial charge on any atom is -0.478 e. The first kappa shape index (κ1) is 15.7. The van der Waals surface area contributed by atoms with Crippen LogP contribution in [-0.2, 0) is 16.4 Å². The fraction of sp³-hybridized carbons (Fsp3) is 0.462. The summed E-state index contributed by atoms with van der Waals surface area (Å²) in [5.41, 5.74) is 0.602. The van der Waals surface area contributed by atoms with Crippen LogP contribution in [0, 0.1) is 0 Å². The molecule has 19 heavy (non-hydrogen) atoms. The topological polar surface area (TPSA) is 74.7 Å². The van der Waals surface area contributed by atoms with Crippen molar-refractivity contribution in [1.29, 1.82) is 0 Å². The normalized spacial score (nSPS) is 12.1. The highest BCUT2D eigenvalue weighted by Gasteiger charge is 2.26. The van der Waals surface area contributed by atoms with Crippen LogP contribution in [0.1, 0.15) is 36.7 Å². The predicted octanol–water partition coefficient (Wildman–Crippen LogP) is 1.98. The molecule has 0 bridgehead atoms. The first-order chi connectivity index (χ1) is 8.71. The summed E-state index contributed by atoms with van der Waals surface area (Å²) in [6.07, 6.45) is 0.528. The minimum absolute atomic E-state index is 0.0204. The molecule has 1 N–H and O–H groups in total. The van der Waals surface area contributed by atoms with Crippen LogP contribution in [0.25, 0.3) is 0 Å². The number of aryl methyl sites for hydroxylation is 1. The van der Waals surface area contributed by atoms with Gasteiger partial charge in [-0.2, -0.15) is 4.31 Å². The first-order valence-electron chi connectivity index (χ1n) is 6.06. The van der Waals surface area contributed by atoms with Crippen molar-refractivity contribution in [2.24, 2.45) is 0 Å². The van der Waals surface area contributed by atoms with Crippen molar-refractivity contribution >= 4 is 16.0 Å². The highest BCUT2D eigenvalue weighted by Crippen LogP contribution is 2.23. The first-order valence-corrected chi connectivity index (χ1v) is 7.50. The molecule has 0 amide bonds. The molecule has 6 heteroatoms. The van der Waals surface area contributed by atoms with Crippen molar-refractivity contribution in [1.82, 2.24) is 4.31 Å². The number of aromatic carboxylic acids is 1. The van der Waals surface area contributed by atoms with Gasteiger partial charge in [0, 0.05) is 13.1 Å². The van der Waals surface area contributed by atoms with E-state index < -0.39 is 16.0 Å². The molecule has 5 nitrogen and oxygen atoms in total. The van der Waals surface area contributed by atoms with E-state index in [9.17, 15) is 13.2 Å². The zero-order chi connectivity index (χ0) is 14.8. The Hall–Kier alpha value is -1.40. The summed E-state index contributed by atoms with van der Waals surface area (Å²) in [6.45, 7) is 5.37. The van der Waals surface area contributed by atoms with Crippen molar-refractivity contribution < 1.29 is 18.3 Å². The Balaban J connectivity index is 3.47. The molecule has 0 saturated carbocycles. The summed E-state index contributed by atoms with van der Waals surface area (Å²) >= 11 is 0. The zero-order valence-electron chi connectivity index (χ0n) is 11.5. The van der Waals surface area contributed by atoms with E-state index >= 15 is 0 Å². The molecule has 106 valence electrons. The van der Waals surface area contributed by atoms with Crippen LogP contribution in [0.5, 0.6) is 0 Å². The molecule has 0 fully saturated rings. The van der Waals surface area contributed by atoms with Crippen molar-refractivity contribution in [2.45, 2.75) is 38.1 Å². The molecule has 0 unspecified atom stereocenters. The number of hydrogen-bond donors (Lipinski definition) is 1. The molecular weight excluding hydrogens is 266 g/mol. The SMILES string of the molecule is CCc1ccc(C(=O)O)cc1S(=O)(=O)N(C)C(C)C. The molecule has 0 heterocycles. The largest absolute Gasteiger partial charge is 0.478 e. The van der Waals surface area contributed by atoms with Crippen LogP contribution in [0.2, 0.25) is 0 Å². The molecule has 0 aliphatic heterocycles. The van der Waals surface area contributed by atoms with Crippen LogP contribution in [0.4, 0.5) is 0 Å². The minimum atomic E-state index is -3.67. The van der Waals surface area contributed by atoms with Crippen LogP contribution >= 0.6 is 0 Å². The molecule has 0 atom stereocenters. The molecule has 0 aliphatic rings. The van der Waals surface area contributed by atoms with E-state index in [-0.39, 0.29) is 16.5 Å². The third kappa shape index (κ3) is 3.13. The predicted molar refractivity (Wildman–Crippen MR) is 72.9 cm³/mol. The van der Waals surface area contributed by atoms with Gasteiger partial charge in [0.15, 0.2) is 0 Å². The van der Waals surface area contributed by atoms with E-state index in [1.165, 1.54) is 23.5 Å². The number of rotatable bonds is 5. The van der Waals surface area contributed by atoms with Gasteiger partial charge in [0.05, 0.1) is 10.5 Å². The number of nitrogens with zero attached hydrogens (tertiary/aromatic N) is 1. The second-order valence-corrected chi connectivity index (χ2v) is 6.56. The molecule has 0 radical (unpaired) electrons. The third-order valence-corrected chi connectivity index (χ3v) is 5.20. The van der Waals surface area contributed by atoms with Crippen LogP contribution in [-0.4, -0.2) is 36.9 Å². The van der Waals surface area contributed by atoms with Gasteiger partial charge in [-0.25, -0.2) is 13.2 Å². The Bertz CT molecular complexity index is 578. The maximum absolute atomic E-state index is 12.5. The number of carboxylic acid groups (broad SMARTS) is 1. The van der Waals surface area contributed by atoms with E-state index in [1.54, 1.807) is 19.9 Å². The Morgan fingerprint density at radius 3 is 2.37 bits per heavy atom. The van der Waals surface area contributed by atoms with Gasteiger partial charge in [0.2, 0.25) is 10.0 Å². The van der Waals surface area contributed by atoms with Crippen molar-refractivity contribution in [3.05, 3.63) is 29.3 Å². The Morgan fingerprint density at radius 2 is 1.95 bits per heavy atom. The van der Waals surface area contributed by atoms with Gasteiger partial charge in [-0.15, -0.1) is 0 Å². The Kier molecular flexibility index (Phi) is 4.70. The van der Waals surface area contributed by atoms with E-state index in [0.29, 0.717) is 12.0 Å². The lowest BCUT2D eigenvalue weighted by Gasteiger charge is -2.22. The van der Waals surface area contributed by atoms with Gasteiger partial charge in [0.1, 0.15) is 0 Å². The molecular formula is C13H19NO4S. The Morgan fingerprint density at radius 1 is 1.37 bits per heavy atom. The fourth-order valence-electron chi connectivity index (χ4n) is 1.65. The molecule has 1 aromatic rings. The lowest BCUT2D eigenvalue weighted by atomic mass is 10.1. The summed E-state index contributed by atoms with van der Waals surface area (Å²) in [6, 6.07) is 4.03.